The standard InChI is InChI=1S/C12H13F4NO/c13-9-2-1-8(10(5-9)12(14,15)16)6-17-11(7-18)3-4-11/h1-2,5,17-18H,3-4,6-7H2. The number of hydrogen-bond acceptors (Lipinski definition) is 2. The molecule has 2 N–H and O–H groups in total. The number of rotatable bonds is 4. The molecule has 0 aromatic heterocycles. The summed E-state index contributed by atoms with van der Waals surface area (Å²) in [5, 5.41) is 12.0. The van der Waals surface area contributed by atoms with E-state index in [9.17, 15) is 17.6 Å². The molecule has 1 saturated carbocycles. The lowest BCUT2D eigenvalue weighted by molar-refractivity contribution is -0.138. The molecule has 0 spiro atoms. The first-order valence-electron chi connectivity index (χ1n) is 5.58. The Hall–Kier alpha value is -1.14. The molecule has 2 rings (SSSR count). The third-order valence-electron chi connectivity index (χ3n) is 3.19. The van der Waals surface area contributed by atoms with Crippen molar-refractivity contribution >= 4 is 0 Å². The van der Waals surface area contributed by atoms with E-state index in [2.05, 4.69) is 5.32 Å². The van der Waals surface area contributed by atoms with Crippen molar-refractivity contribution in [2.75, 3.05) is 6.61 Å². The summed E-state index contributed by atoms with van der Waals surface area (Å²) in [4.78, 5) is 0. The molecular formula is C12H13F4NO. The highest BCUT2D eigenvalue weighted by molar-refractivity contribution is 5.30. The monoisotopic (exact) mass is 263 g/mol. The number of hydrogen-bond donors (Lipinski definition) is 2. The second-order valence-electron chi connectivity index (χ2n) is 4.59. The second-order valence-corrected chi connectivity index (χ2v) is 4.59. The molecule has 18 heavy (non-hydrogen) atoms. The van der Waals surface area contributed by atoms with Gasteiger partial charge in [-0.3, -0.25) is 0 Å². The van der Waals surface area contributed by atoms with Crippen LogP contribution >= 0.6 is 0 Å². The molecule has 1 aromatic rings. The summed E-state index contributed by atoms with van der Waals surface area (Å²) < 4.78 is 51.0. The van der Waals surface area contributed by atoms with E-state index in [1.807, 2.05) is 0 Å². The van der Waals surface area contributed by atoms with E-state index in [1.165, 1.54) is 0 Å². The molecule has 0 atom stereocenters. The van der Waals surface area contributed by atoms with Gasteiger partial charge in [0.25, 0.3) is 0 Å². The number of aliphatic hydroxyl groups excluding tert-OH is 1. The van der Waals surface area contributed by atoms with Gasteiger partial charge >= 0.3 is 6.18 Å². The molecule has 0 heterocycles. The molecule has 1 fully saturated rings. The van der Waals surface area contributed by atoms with Gasteiger partial charge in [-0.25, -0.2) is 4.39 Å². The summed E-state index contributed by atoms with van der Waals surface area (Å²) in [6.45, 7) is -0.134. The number of halogens is 4. The minimum absolute atomic E-state index is 0.0105. The molecule has 0 saturated heterocycles. The van der Waals surface area contributed by atoms with Crippen molar-refractivity contribution in [2.45, 2.75) is 31.1 Å². The number of nitrogens with one attached hydrogen (secondary N) is 1. The van der Waals surface area contributed by atoms with Crippen LogP contribution in [0.4, 0.5) is 17.6 Å². The average Bonchev–Trinajstić information content (AvgIpc) is 3.07. The summed E-state index contributed by atoms with van der Waals surface area (Å²) in [5.41, 5.74) is -1.43. The minimum atomic E-state index is -4.57. The van der Waals surface area contributed by atoms with Gasteiger partial charge in [-0.05, 0) is 30.5 Å². The Morgan fingerprint density at radius 3 is 2.44 bits per heavy atom. The zero-order chi connectivity index (χ0) is 13.4. The maximum atomic E-state index is 12.9. The summed E-state index contributed by atoms with van der Waals surface area (Å²) in [7, 11) is 0. The Bertz CT molecular complexity index is 440. The number of aliphatic hydroxyl groups is 1. The van der Waals surface area contributed by atoms with Crippen LogP contribution in [0.5, 0.6) is 0 Å². The van der Waals surface area contributed by atoms with E-state index in [1.54, 1.807) is 0 Å². The van der Waals surface area contributed by atoms with Gasteiger partial charge in [-0.15, -0.1) is 0 Å². The van der Waals surface area contributed by atoms with Gasteiger partial charge < -0.3 is 10.4 Å². The molecule has 0 aliphatic heterocycles. The van der Waals surface area contributed by atoms with Gasteiger partial charge in [0.15, 0.2) is 0 Å². The number of alkyl halides is 3. The van der Waals surface area contributed by atoms with Crippen molar-refractivity contribution in [3.8, 4) is 0 Å². The Kier molecular flexibility index (Phi) is 3.33. The van der Waals surface area contributed by atoms with E-state index < -0.39 is 23.1 Å². The van der Waals surface area contributed by atoms with Gasteiger partial charge in [0, 0.05) is 12.1 Å². The predicted octanol–water partition coefficient (Wildman–Crippen LogP) is 2.46. The SMILES string of the molecule is OCC1(NCc2ccc(F)cc2C(F)(F)F)CC1. The zero-order valence-electron chi connectivity index (χ0n) is 9.52. The average molecular weight is 263 g/mol. The smallest absolute Gasteiger partial charge is 0.394 e. The molecular weight excluding hydrogens is 250 g/mol. The lowest BCUT2D eigenvalue weighted by Gasteiger charge is -2.17. The van der Waals surface area contributed by atoms with Gasteiger partial charge in [0.2, 0.25) is 0 Å². The van der Waals surface area contributed by atoms with E-state index in [-0.39, 0.29) is 18.7 Å². The van der Waals surface area contributed by atoms with Crippen molar-refractivity contribution in [1.29, 1.82) is 0 Å². The quantitative estimate of drug-likeness (QED) is 0.818. The van der Waals surface area contributed by atoms with Crippen molar-refractivity contribution in [3.05, 3.63) is 35.1 Å². The molecule has 100 valence electrons. The van der Waals surface area contributed by atoms with Crippen molar-refractivity contribution in [2.24, 2.45) is 0 Å². The molecule has 6 heteroatoms. The van der Waals surface area contributed by atoms with Gasteiger partial charge in [-0.1, -0.05) is 6.07 Å². The highest BCUT2D eigenvalue weighted by Crippen LogP contribution is 2.36. The zero-order valence-corrected chi connectivity index (χ0v) is 9.52. The molecule has 0 unspecified atom stereocenters. The Morgan fingerprint density at radius 2 is 1.94 bits per heavy atom. The third kappa shape index (κ3) is 2.81. The van der Waals surface area contributed by atoms with E-state index in [0.717, 1.165) is 25.0 Å². The lowest BCUT2D eigenvalue weighted by Crippen LogP contribution is -2.34. The van der Waals surface area contributed by atoms with Gasteiger partial charge in [0.05, 0.1) is 12.2 Å². The Labute approximate surface area is 102 Å². The van der Waals surface area contributed by atoms with Crippen molar-refractivity contribution in [1.82, 2.24) is 5.32 Å². The molecule has 1 aliphatic rings. The molecule has 0 amide bonds. The maximum Gasteiger partial charge on any atom is 0.416 e. The summed E-state index contributed by atoms with van der Waals surface area (Å²) in [6, 6.07) is 2.62. The normalized spacial score (nSPS) is 17.8. The van der Waals surface area contributed by atoms with Gasteiger partial charge in [-0.2, -0.15) is 13.2 Å². The molecule has 1 aromatic carbocycles. The van der Waals surface area contributed by atoms with Crippen LogP contribution in [0.25, 0.3) is 0 Å². The van der Waals surface area contributed by atoms with E-state index >= 15 is 0 Å². The van der Waals surface area contributed by atoms with Crippen LogP contribution in [0.3, 0.4) is 0 Å². The highest BCUT2D eigenvalue weighted by Gasteiger charge is 2.42. The number of benzene rings is 1. The molecule has 1 aliphatic carbocycles. The van der Waals surface area contributed by atoms with Crippen LogP contribution in [0.1, 0.15) is 24.0 Å². The minimum Gasteiger partial charge on any atom is -0.394 e. The largest absolute Gasteiger partial charge is 0.416 e. The molecule has 0 radical (unpaired) electrons. The molecule has 2 nitrogen and oxygen atoms in total. The first kappa shape index (κ1) is 13.3. The van der Waals surface area contributed by atoms with Crippen LogP contribution in [-0.2, 0) is 12.7 Å². The van der Waals surface area contributed by atoms with Crippen LogP contribution in [-0.4, -0.2) is 17.3 Å². The topological polar surface area (TPSA) is 32.3 Å². The van der Waals surface area contributed by atoms with Crippen molar-refractivity contribution < 1.29 is 22.7 Å². The van der Waals surface area contributed by atoms with Crippen LogP contribution in [0.2, 0.25) is 0 Å². The van der Waals surface area contributed by atoms with E-state index in [0.29, 0.717) is 6.07 Å². The molecule has 0 bridgehead atoms. The summed E-state index contributed by atoms with van der Waals surface area (Å²) in [6.07, 6.45) is -3.09. The van der Waals surface area contributed by atoms with Gasteiger partial charge in [0.1, 0.15) is 5.82 Å². The Morgan fingerprint density at radius 1 is 1.28 bits per heavy atom. The maximum absolute atomic E-state index is 12.9. The second kappa shape index (κ2) is 4.51. The lowest BCUT2D eigenvalue weighted by atomic mass is 10.1. The van der Waals surface area contributed by atoms with Crippen LogP contribution < -0.4 is 5.32 Å². The Balaban J connectivity index is 2.17. The van der Waals surface area contributed by atoms with E-state index in [4.69, 9.17) is 5.11 Å². The fourth-order valence-electron chi connectivity index (χ4n) is 1.79. The first-order chi connectivity index (χ1) is 8.36. The van der Waals surface area contributed by atoms with Crippen LogP contribution in [0.15, 0.2) is 18.2 Å². The predicted molar refractivity (Wildman–Crippen MR) is 57.3 cm³/mol. The van der Waals surface area contributed by atoms with Crippen LogP contribution in [0, 0.1) is 5.82 Å². The summed E-state index contributed by atoms with van der Waals surface area (Å²) in [5.74, 6) is -0.908. The fraction of sp³-hybridized carbons (Fsp3) is 0.500. The first-order valence-corrected chi connectivity index (χ1v) is 5.58. The third-order valence-corrected chi connectivity index (χ3v) is 3.19. The fourth-order valence-corrected chi connectivity index (χ4v) is 1.79. The highest BCUT2D eigenvalue weighted by atomic mass is 19.4. The van der Waals surface area contributed by atoms with Crippen molar-refractivity contribution in [3.63, 3.8) is 0 Å². The summed E-state index contributed by atoms with van der Waals surface area (Å²) >= 11 is 0.